The maximum absolute atomic E-state index is 12.8. The zero-order valence-corrected chi connectivity index (χ0v) is 19.2. The number of carbonyl (C=O) groups is 1. The molecule has 0 N–H and O–H groups in total. The maximum atomic E-state index is 12.8. The summed E-state index contributed by atoms with van der Waals surface area (Å²) in [7, 11) is 0. The minimum Gasteiger partial charge on any atom is -0.354 e. The summed E-state index contributed by atoms with van der Waals surface area (Å²) in [5.41, 5.74) is 3.02. The number of aryl methyl sites for hydroxylation is 2. The van der Waals surface area contributed by atoms with Crippen molar-refractivity contribution in [3.8, 4) is 5.69 Å². The largest absolute Gasteiger partial charge is 0.354 e. The summed E-state index contributed by atoms with van der Waals surface area (Å²) in [6, 6.07) is 12.1. The molecule has 1 aliphatic heterocycles. The van der Waals surface area contributed by atoms with Crippen LogP contribution in [0.2, 0.25) is 0 Å². The molecule has 3 aromatic heterocycles. The van der Waals surface area contributed by atoms with Crippen LogP contribution in [-0.4, -0.2) is 56.7 Å². The molecule has 32 heavy (non-hydrogen) atoms. The van der Waals surface area contributed by atoms with Crippen LogP contribution < -0.4 is 4.90 Å². The Balaban J connectivity index is 1.47. The number of carbonyl (C=O) groups excluding carboxylic acids is 1. The summed E-state index contributed by atoms with van der Waals surface area (Å²) in [4.78, 5) is 27.6. The Kier molecular flexibility index (Phi) is 5.61. The lowest BCUT2D eigenvalue weighted by molar-refractivity contribution is 0.0772. The number of hydrogen-bond acceptors (Lipinski definition) is 6. The van der Waals surface area contributed by atoms with Crippen LogP contribution in [0.3, 0.4) is 0 Å². The first-order valence-electron chi connectivity index (χ1n) is 11.0. The van der Waals surface area contributed by atoms with Gasteiger partial charge in [0.25, 0.3) is 5.91 Å². The Morgan fingerprint density at radius 1 is 1.06 bits per heavy atom. The minimum atomic E-state index is 0.121. The molecule has 0 radical (unpaired) electrons. The van der Waals surface area contributed by atoms with Gasteiger partial charge in [-0.3, -0.25) is 4.79 Å². The average molecular weight is 447 g/mol. The molecule has 0 unspecified atom stereocenters. The van der Waals surface area contributed by atoms with Gasteiger partial charge in [-0.15, -0.1) is 11.3 Å². The Morgan fingerprint density at radius 2 is 1.91 bits per heavy atom. The average Bonchev–Trinajstić information content (AvgIpc) is 3.44. The zero-order chi connectivity index (χ0) is 22.1. The van der Waals surface area contributed by atoms with Gasteiger partial charge >= 0.3 is 0 Å². The van der Waals surface area contributed by atoms with Gasteiger partial charge in [-0.05, 0) is 36.9 Å². The zero-order valence-electron chi connectivity index (χ0n) is 18.4. The van der Waals surface area contributed by atoms with Crippen molar-refractivity contribution in [2.75, 3.05) is 31.1 Å². The molecule has 164 valence electrons. The van der Waals surface area contributed by atoms with Gasteiger partial charge in [-0.1, -0.05) is 30.7 Å². The number of hydrogen-bond donors (Lipinski definition) is 0. The molecule has 1 fully saturated rings. The molecule has 7 nitrogen and oxygen atoms in total. The smallest absolute Gasteiger partial charge is 0.263 e. The second-order valence-corrected chi connectivity index (χ2v) is 9.00. The van der Waals surface area contributed by atoms with Crippen molar-refractivity contribution in [2.24, 2.45) is 0 Å². The van der Waals surface area contributed by atoms with Gasteiger partial charge in [-0.2, -0.15) is 5.10 Å². The van der Waals surface area contributed by atoms with Crippen molar-refractivity contribution in [3.05, 3.63) is 64.2 Å². The van der Waals surface area contributed by atoms with E-state index in [4.69, 9.17) is 9.97 Å². The van der Waals surface area contributed by atoms with Crippen LogP contribution in [-0.2, 0) is 6.42 Å². The highest BCUT2D eigenvalue weighted by molar-refractivity contribution is 7.12. The summed E-state index contributed by atoms with van der Waals surface area (Å²) in [5.74, 6) is 1.84. The fraction of sp³-hybridized carbons (Fsp3) is 0.333. The van der Waals surface area contributed by atoms with Crippen LogP contribution in [0.5, 0.6) is 0 Å². The van der Waals surface area contributed by atoms with Crippen LogP contribution in [0.15, 0.2) is 48.0 Å². The molecule has 4 aromatic rings. The van der Waals surface area contributed by atoms with Crippen LogP contribution in [0.25, 0.3) is 16.7 Å². The van der Waals surface area contributed by atoms with Crippen molar-refractivity contribution in [3.63, 3.8) is 0 Å². The molecule has 0 bridgehead atoms. The van der Waals surface area contributed by atoms with E-state index in [1.807, 2.05) is 33.3 Å². The summed E-state index contributed by atoms with van der Waals surface area (Å²) in [6.07, 6.45) is 3.51. The van der Waals surface area contributed by atoms with E-state index in [9.17, 15) is 4.79 Å². The second kappa shape index (κ2) is 8.70. The number of anilines is 1. The van der Waals surface area contributed by atoms with Gasteiger partial charge < -0.3 is 9.80 Å². The molecule has 4 heterocycles. The third kappa shape index (κ3) is 3.86. The topological polar surface area (TPSA) is 67.2 Å². The quantitative estimate of drug-likeness (QED) is 0.472. The number of thiophene rings is 1. The molecule has 0 spiro atoms. The first-order valence-corrected chi connectivity index (χ1v) is 11.9. The molecule has 1 amide bonds. The number of benzene rings is 1. The first-order chi connectivity index (χ1) is 15.6. The number of rotatable bonds is 4. The van der Waals surface area contributed by atoms with Crippen LogP contribution >= 0.6 is 11.3 Å². The monoisotopic (exact) mass is 446 g/mol. The maximum Gasteiger partial charge on any atom is 0.263 e. The van der Waals surface area contributed by atoms with Crippen LogP contribution in [0.4, 0.5) is 5.82 Å². The first kappa shape index (κ1) is 20.6. The Bertz CT molecular complexity index is 1230. The van der Waals surface area contributed by atoms with Gasteiger partial charge in [0.1, 0.15) is 11.6 Å². The molecule has 5 rings (SSSR count). The standard InChI is InChI=1S/C24H26N6OS/c1-3-21-26-22(19-16-25-30(23(19)27-21)18-9-7-17(2)8-10-18)28-11-5-12-29(14-13-28)24(31)20-6-4-15-32-20/h4,6-10,15-16H,3,5,11-14H2,1-2H3. The number of nitrogens with zero attached hydrogens (tertiary/aromatic N) is 6. The lowest BCUT2D eigenvalue weighted by Crippen LogP contribution is -2.35. The van der Waals surface area contributed by atoms with E-state index in [2.05, 4.69) is 48.1 Å². The SMILES string of the molecule is CCc1nc(N2CCCN(C(=O)c3cccs3)CC2)c2cnn(-c3ccc(C)cc3)c2n1. The van der Waals surface area contributed by atoms with Gasteiger partial charge in [0.05, 0.1) is 22.1 Å². The van der Waals surface area contributed by atoms with Crippen LogP contribution in [0, 0.1) is 6.92 Å². The van der Waals surface area contributed by atoms with Crippen molar-refractivity contribution < 1.29 is 4.79 Å². The van der Waals surface area contributed by atoms with Crippen molar-refractivity contribution >= 4 is 34.1 Å². The van der Waals surface area contributed by atoms with Gasteiger partial charge in [0, 0.05) is 32.6 Å². The minimum absolute atomic E-state index is 0.121. The lowest BCUT2D eigenvalue weighted by Gasteiger charge is -2.23. The van der Waals surface area contributed by atoms with E-state index in [0.717, 1.165) is 65.7 Å². The third-order valence-corrected chi connectivity index (χ3v) is 6.72. The molecular weight excluding hydrogens is 420 g/mol. The summed E-state index contributed by atoms with van der Waals surface area (Å²) < 4.78 is 1.89. The van der Waals surface area contributed by atoms with E-state index in [-0.39, 0.29) is 5.91 Å². The van der Waals surface area contributed by atoms with Crippen LogP contribution in [0.1, 0.15) is 34.4 Å². The Hall–Kier alpha value is -3.26. The van der Waals surface area contributed by atoms with Crippen molar-refractivity contribution in [1.29, 1.82) is 0 Å². The van der Waals surface area contributed by atoms with E-state index < -0.39 is 0 Å². The number of aromatic nitrogens is 4. The Labute approximate surface area is 191 Å². The molecule has 8 heteroatoms. The predicted molar refractivity (Wildman–Crippen MR) is 128 cm³/mol. The summed E-state index contributed by atoms with van der Waals surface area (Å²) in [5, 5.41) is 7.55. The van der Waals surface area contributed by atoms with Gasteiger partial charge in [-0.25, -0.2) is 14.6 Å². The van der Waals surface area contributed by atoms with E-state index >= 15 is 0 Å². The molecule has 1 aromatic carbocycles. The van der Waals surface area contributed by atoms with Gasteiger partial charge in [0.2, 0.25) is 0 Å². The number of amides is 1. The predicted octanol–water partition coefficient (Wildman–Crippen LogP) is 4.10. The molecular formula is C24H26N6OS. The molecule has 1 saturated heterocycles. The normalized spacial score (nSPS) is 14.7. The lowest BCUT2D eigenvalue weighted by atomic mass is 10.2. The van der Waals surface area contributed by atoms with Crippen molar-refractivity contribution in [1.82, 2.24) is 24.6 Å². The highest BCUT2D eigenvalue weighted by Crippen LogP contribution is 2.27. The molecule has 0 aliphatic carbocycles. The third-order valence-electron chi connectivity index (χ3n) is 5.86. The fourth-order valence-corrected chi connectivity index (χ4v) is 4.79. The summed E-state index contributed by atoms with van der Waals surface area (Å²) >= 11 is 1.50. The van der Waals surface area contributed by atoms with E-state index in [1.165, 1.54) is 16.9 Å². The second-order valence-electron chi connectivity index (χ2n) is 8.06. The van der Waals surface area contributed by atoms with E-state index in [1.54, 1.807) is 0 Å². The Morgan fingerprint density at radius 3 is 2.66 bits per heavy atom. The highest BCUT2D eigenvalue weighted by Gasteiger charge is 2.24. The van der Waals surface area contributed by atoms with Gasteiger partial charge in [0.15, 0.2) is 5.65 Å². The molecule has 0 atom stereocenters. The fourth-order valence-electron chi connectivity index (χ4n) is 4.10. The number of fused-ring (bicyclic) bond motifs is 1. The highest BCUT2D eigenvalue weighted by atomic mass is 32.1. The molecule has 1 aliphatic rings. The van der Waals surface area contributed by atoms with Crippen molar-refractivity contribution in [2.45, 2.75) is 26.7 Å². The summed E-state index contributed by atoms with van der Waals surface area (Å²) in [6.45, 7) is 7.16. The van der Waals surface area contributed by atoms with E-state index in [0.29, 0.717) is 6.54 Å². The molecule has 0 saturated carbocycles.